The van der Waals surface area contributed by atoms with Gasteiger partial charge in [-0.3, -0.25) is 0 Å². The molecule has 2 heterocycles. The van der Waals surface area contributed by atoms with Gasteiger partial charge in [0, 0.05) is 12.1 Å². The summed E-state index contributed by atoms with van der Waals surface area (Å²) in [5.41, 5.74) is 0.473. The zero-order valence-electron chi connectivity index (χ0n) is 10.7. The molecule has 0 spiro atoms. The molecule has 0 amide bonds. The number of carboxylic acid groups (broad SMARTS) is 1. The van der Waals surface area contributed by atoms with Gasteiger partial charge in [0.25, 0.3) is 10.0 Å². The van der Waals surface area contributed by atoms with E-state index in [0.717, 1.165) is 12.8 Å². The van der Waals surface area contributed by atoms with Gasteiger partial charge in [-0.1, -0.05) is 12.1 Å². The molecule has 1 atom stereocenters. The van der Waals surface area contributed by atoms with Crippen LogP contribution in [-0.4, -0.2) is 37.7 Å². The van der Waals surface area contributed by atoms with Gasteiger partial charge in [-0.25, -0.2) is 0 Å². The van der Waals surface area contributed by atoms with Gasteiger partial charge in [0.1, 0.15) is 4.90 Å². The van der Waals surface area contributed by atoms with Crippen LogP contribution in [0.5, 0.6) is 0 Å². The molecule has 1 aromatic rings. The largest absolute Gasteiger partial charge is 0.548 e. The van der Waals surface area contributed by atoms with Crippen molar-refractivity contribution in [3.63, 3.8) is 0 Å². The molecule has 20 heavy (non-hydrogen) atoms. The zero-order chi connectivity index (χ0) is 14.3. The van der Waals surface area contributed by atoms with Crippen molar-refractivity contribution in [3.8, 4) is 0 Å². The summed E-state index contributed by atoms with van der Waals surface area (Å²) < 4.78 is 27.8. The second-order valence-corrected chi connectivity index (χ2v) is 6.48. The Hall–Kier alpha value is -1.89. The van der Waals surface area contributed by atoms with Gasteiger partial charge in [-0.05, 0) is 31.4 Å². The number of nitrogens with zero attached hydrogens (tertiary/aromatic N) is 2. The maximum Gasteiger partial charge on any atom is 0.285 e. The number of fused-ring (bicyclic) bond motifs is 1. The van der Waals surface area contributed by atoms with Crippen LogP contribution in [-0.2, 0) is 14.8 Å². The molecule has 6 nitrogen and oxygen atoms in total. The van der Waals surface area contributed by atoms with Gasteiger partial charge in [-0.15, -0.1) is 4.40 Å². The first-order chi connectivity index (χ1) is 9.50. The molecular formula is C13H13N2O4S-. The van der Waals surface area contributed by atoms with E-state index in [9.17, 15) is 18.3 Å². The highest BCUT2D eigenvalue weighted by molar-refractivity contribution is 7.90. The number of benzene rings is 1. The van der Waals surface area contributed by atoms with Crippen LogP contribution in [0, 0.1) is 0 Å². The summed E-state index contributed by atoms with van der Waals surface area (Å²) in [4.78, 5) is 12.9. The molecule has 0 unspecified atom stereocenters. The van der Waals surface area contributed by atoms with Crippen LogP contribution >= 0.6 is 0 Å². The van der Waals surface area contributed by atoms with Gasteiger partial charge >= 0.3 is 0 Å². The van der Waals surface area contributed by atoms with Gasteiger partial charge in [-0.2, -0.15) is 8.42 Å². The summed E-state index contributed by atoms with van der Waals surface area (Å²) in [6.45, 7) is 0.474. The van der Waals surface area contributed by atoms with Crippen LogP contribution in [0.1, 0.15) is 24.8 Å². The lowest BCUT2D eigenvalue weighted by Crippen LogP contribution is -2.52. The number of aliphatic carboxylic acids is 1. The van der Waals surface area contributed by atoms with Crippen molar-refractivity contribution < 1.29 is 18.3 Å². The molecule has 0 bridgehead atoms. The average molecular weight is 293 g/mol. The van der Waals surface area contributed by atoms with Crippen LogP contribution in [0.2, 0.25) is 0 Å². The molecule has 1 fully saturated rings. The van der Waals surface area contributed by atoms with E-state index in [1.807, 2.05) is 0 Å². The number of amidine groups is 1. The van der Waals surface area contributed by atoms with E-state index in [2.05, 4.69) is 4.40 Å². The highest BCUT2D eigenvalue weighted by atomic mass is 32.2. The molecule has 3 rings (SSSR count). The maximum absolute atomic E-state index is 12.0. The van der Waals surface area contributed by atoms with Crippen molar-refractivity contribution in [3.05, 3.63) is 29.8 Å². The molecule has 106 valence electrons. The van der Waals surface area contributed by atoms with Crippen molar-refractivity contribution in [1.29, 1.82) is 0 Å². The monoisotopic (exact) mass is 293 g/mol. The van der Waals surface area contributed by atoms with Crippen LogP contribution in [0.4, 0.5) is 0 Å². The lowest BCUT2D eigenvalue weighted by molar-refractivity contribution is -0.311. The van der Waals surface area contributed by atoms with Gasteiger partial charge in [0.2, 0.25) is 0 Å². The van der Waals surface area contributed by atoms with Crippen molar-refractivity contribution in [2.45, 2.75) is 30.2 Å². The second kappa shape index (κ2) is 4.59. The molecule has 1 saturated heterocycles. The molecule has 0 N–H and O–H groups in total. The number of carbonyl (C=O) groups is 1. The smallest absolute Gasteiger partial charge is 0.285 e. The summed E-state index contributed by atoms with van der Waals surface area (Å²) >= 11 is 0. The number of likely N-dealkylation sites (tertiary alicyclic amines) is 1. The summed E-state index contributed by atoms with van der Waals surface area (Å²) in [7, 11) is -3.72. The van der Waals surface area contributed by atoms with Gasteiger partial charge in [0.05, 0.1) is 12.0 Å². The topological polar surface area (TPSA) is 89.9 Å². The molecule has 0 aliphatic carbocycles. The van der Waals surface area contributed by atoms with E-state index in [0.29, 0.717) is 18.5 Å². The molecule has 7 heteroatoms. The molecule has 1 aromatic carbocycles. The predicted octanol–water partition coefficient (Wildman–Crippen LogP) is -0.260. The third kappa shape index (κ3) is 1.98. The van der Waals surface area contributed by atoms with E-state index in [1.165, 1.54) is 6.07 Å². The molecule has 0 aromatic heterocycles. The van der Waals surface area contributed by atoms with E-state index in [4.69, 9.17) is 0 Å². The third-order valence-corrected chi connectivity index (χ3v) is 4.98. The van der Waals surface area contributed by atoms with Crippen molar-refractivity contribution in [2.24, 2.45) is 4.40 Å². The first kappa shape index (κ1) is 13.1. The standard InChI is InChI=1S/C13H14N2O4S/c16-13(17)10-6-3-4-8-15(10)12-9-5-1-2-7-11(9)20(18,19)14-12/h1-2,5,7,10H,3-4,6,8H2,(H,16,17)/p-1/t10-/m1/s1. The van der Waals surface area contributed by atoms with Gasteiger partial charge in [0.15, 0.2) is 5.84 Å². The number of hydrogen-bond acceptors (Lipinski definition) is 5. The van der Waals surface area contributed by atoms with E-state index < -0.39 is 22.0 Å². The lowest BCUT2D eigenvalue weighted by Gasteiger charge is -2.37. The minimum atomic E-state index is -3.72. The first-order valence-electron chi connectivity index (χ1n) is 6.42. The lowest BCUT2D eigenvalue weighted by atomic mass is 10.0. The Labute approximate surface area is 116 Å². The van der Waals surface area contributed by atoms with Crippen LogP contribution in [0.15, 0.2) is 33.6 Å². The fraction of sp³-hybridized carbons (Fsp3) is 0.385. The van der Waals surface area contributed by atoms with Crippen LogP contribution < -0.4 is 5.11 Å². The van der Waals surface area contributed by atoms with Crippen LogP contribution in [0.3, 0.4) is 0 Å². The minimum Gasteiger partial charge on any atom is -0.548 e. The Bertz CT molecular complexity index is 696. The van der Waals surface area contributed by atoms with E-state index in [1.54, 1.807) is 23.1 Å². The maximum atomic E-state index is 12.0. The molecule has 0 radical (unpaired) electrons. The summed E-state index contributed by atoms with van der Waals surface area (Å²) in [5.74, 6) is -0.955. The molecular weight excluding hydrogens is 280 g/mol. The fourth-order valence-corrected chi connectivity index (χ4v) is 3.94. The Morgan fingerprint density at radius 3 is 2.80 bits per heavy atom. The highest BCUT2D eigenvalue weighted by Crippen LogP contribution is 2.30. The average Bonchev–Trinajstić information content (AvgIpc) is 2.71. The third-order valence-electron chi connectivity index (χ3n) is 3.66. The fourth-order valence-electron chi connectivity index (χ4n) is 2.73. The number of piperidine rings is 1. The first-order valence-corrected chi connectivity index (χ1v) is 7.86. The molecule has 2 aliphatic heterocycles. The van der Waals surface area contributed by atoms with Crippen molar-refractivity contribution in [1.82, 2.24) is 4.90 Å². The van der Waals surface area contributed by atoms with Crippen molar-refractivity contribution in [2.75, 3.05) is 6.54 Å². The summed E-state index contributed by atoms with van der Waals surface area (Å²) in [6, 6.07) is 5.66. The zero-order valence-corrected chi connectivity index (χ0v) is 11.5. The number of carboxylic acids is 1. The summed E-state index contributed by atoms with van der Waals surface area (Å²) in [5, 5.41) is 11.2. The van der Waals surface area contributed by atoms with Crippen LogP contribution in [0.25, 0.3) is 0 Å². The highest BCUT2D eigenvalue weighted by Gasteiger charge is 2.35. The Morgan fingerprint density at radius 1 is 1.30 bits per heavy atom. The second-order valence-electron chi connectivity index (χ2n) is 4.91. The number of carbonyl (C=O) groups excluding carboxylic acids is 1. The van der Waals surface area contributed by atoms with Gasteiger partial charge < -0.3 is 14.8 Å². The quantitative estimate of drug-likeness (QED) is 0.711. The minimum absolute atomic E-state index is 0.137. The van der Waals surface area contributed by atoms with Crippen molar-refractivity contribution >= 4 is 21.8 Å². The van der Waals surface area contributed by atoms with E-state index in [-0.39, 0.29) is 10.7 Å². The normalized spacial score (nSPS) is 24.1. The Morgan fingerprint density at radius 2 is 2.05 bits per heavy atom. The SMILES string of the molecule is O=C([O-])[C@H]1CCCCN1C1=NS(=O)(=O)c2ccccc21. The Balaban J connectivity index is 2.08. The molecule has 2 aliphatic rings. The summed E-state index contributed by atoms with van der Waals surface area (Å²) in [6.07, 6.45) is 2.05. The molecule has 0 saturated carbocycles. The number of hydrogen-bond donors (Lipinski definition) is 0. The number of rotatable bonds is 1. The number of sulfonamides is 1. The van der Waals surface area contributed by atoms with E-state index >= 15 is 0 Å². The predicted molar refractivity (Wildman–Crippen MR) is 69.5 cm³/mol. The Kier molecular flexibility index (Phi) is 3.01.